The highest BCUT2D eigenvalue weighted by atomic mass is 32.1. The number of carbonyl (C=O) groups excluding carboxylic acids is 1. The molecule has 0 spiro atoms. The van der Waals surface area contributed by atoms with Crippen molar-refractivity contribution in [1.29, 1.82) is 0 Å². The van der Waals surface area contributed by atoms with Gasteiger partial charge < -0.3 is 9.64 Å². The quantitative estimate of drug-likeness (QED) is 0.812. The number of ether oxygens (including phenoxy) is 1. The Balaban J connectivity index is 1.34. The van der Waals surface area contributed by atoms with Crippen LogP contribution in [0.25, 0.3) is 0 Å². The van der Waals surface area contributed by atoms with E-state index in [9.17, 15) is 4.79 Å². The number of hydrogen-bond acceptors (Lipinski definition) is 5. The van der Waals surface area contributed by atoms with Crippen LogP contribution in [0, 0.1) is 0 Å². The molecule has 126 valence electrons. The topological polar surface area (TPSA) is 36.0 Å². The van der Waals surface area contributed by atoms with Gasteiger partial charge in [0.25, 0.3) is 0 Å². The summed E-state index contributed by atoms with van der Waals surface area (Å²) in [7, 11) is 0. The smallest absolute Gasteiger partial charge is 0.224 e. The molecule has 3 aliphatic heterocycles. The molecule has 0 unspecified atom stereocenters. The van der Waals surface area contributed by atoms with Crippen molar-refractivity contribution in [1.82, 2.24) is 14.7 Å². The van der Waals surface area contributed by atoms with Crippen molar-refractivity contribution in [3.05, 3.63) is 22.4 Å². The first-order chi connectivity index (χ1) is 11.3. The lowest BCUT2D eigenvalue weighted by Gasteiger charge is -2.30. The van der Waals surface area contributed by atoms with Crippen LogP contribution in [0.4, 0.5) is 0 Å². The van der Waals surface area contributed by atoms with Gasteiger partial charge in [-0.3, -0.25) is 14.6 Å². The highest BCUT2D eigenvalue weighted by Crippen LogP contribution is 2.33. The first kappa shape index (κ1) is 15.6. The van der Waals surface area contributed by atoms with Crippen LogP contribution in [0.3, 0.4) is 0 Å². The molecule has 0 bridgehead atoms. The lowest BCUT2D eigenvalue weighted by atomic mass is 10.1. The van der Waals surface area contributed by atoms with E-state index in [0.717, 1.165) is 58.9 Å². The predicted molar refractivity (Wildman–Crippen MR) is 90.5 cm³/mol. The fourth-order valence-corrected chi connectivity index (χ4v) is 4.85. The summed E-state index contributed by atoms with van der Waals surface area (Å²) in [5.74, 6) is 0.350. The zero-order valence-electron chi connectivity index (χ0n) is 13.5. The van der Waals surface area contributed by atoms with Crippen LogP contribution in [-0.2, 0) is 16.1 Å². The van der Waals surface area contributed by atoms with Crippen LogP contribution in [0.1, 0.15) is 18.4 Å². The van der Waals surface area contributed by atoms with Gasteiger partial charge in [0, 0.05) is 57.8 Å². The molecule has 0 saturated carbocycles. The third-order valence-electron chi connectivity index (χ3n) is 5.46. The molecule has 6 heteroatoms. The number of hydrogen-bond donors (Lipinski definition) is 0. The molecular formula is C17H25N3O2S. The fourth-order valence-electron chi connectivity index (χ4n) is 4.19. The maximum atomic E-state index is 12.5. The van der Waals surface area contributed by atoms with Crippen LogP contribution in [-0.4, -0.2) is 78.6 Å². The largest absolute Gasteiger partial charge is 0.379 e. The zero-order chi connectivity index (χ0) is 15.6. The highest BCUT2D eigenvalue weighted by Gasteiger charge is 2.46. The molecule has 0 aliphatic carbocycles. The monoisotopic (exact) mass is 335 g/mol. The molecular weight excluding hydrogens is 310 g/mol. The standard InChI is InChI=1S/C17H25N3O2S/c21-17-11-16-15(1-3-19(16)12-14-2-10-23-13-14)20(17)5-4-18-6-8-22-9-7-18/h2,10,13,15-16H,1,3-9,11-12H2/t15-,16+/m0/s1. The van der Waals surface area contributed by atoms with E-state index in [1.165, 1.54) is 5.56 Å². The van der Waals surface area contributed by atoms with Gasteiger partial charge in [0.15, 0.2) is 0 Å². The van der Waals surface area contributed by atoms with E-state index in [1.807, 2.05) is 0 Å². The summed E-state index contributed by atoms with van der Waals surface area (Å²) < 4.78 is 5.40. The minimum atomic E-state index is 0.350. The van der Waals surface area contributed by atoms with Crippen LogP contribution >= 0.6 is 11.3 Å². The molecule has 2 atom stereocenters. The average Bonchev–Trinajstić information content (AvgIpc) is 3.27. The van der Waals surface area contributed by atoms with Gasteiger partial charge in [0.05, 0.1) is 13.2 Å². The Hall–Kier alpha value is -0.950. The van der Waals surface area contributed by atoms with Crippen molar-refractivity contribution in [2.75, 3.05) is 45.9 Å². The molecule has 0 N–H and O–H groups in total. The number of amides is 1. The molecule has 0 aromatic carbocycles. The minimum absolute atomic E-state index is 0.350. The van der Waals surface area contributed by atoms with Crippen LogP contribution < -0.4 is 0 Å². The van der Waals surface area contributed by atoms with Crippen molar-refractivity contribution in [2.24, 2.45) is 0 Å². The Morgan fingerprint density at radius 2 is 2.04 bits per heavy atom. The second-order valence-corrected chi connectivity index (χ2v) is 7.55. The first-order valence-corrected chi connectivity index (χ1v) is 9.60. The third kappa shape index (κ3) is 3.31. The van der Waals surface area contributed by atoms with Crippen molar-refractivity contribution in [2.45, 2.75) is 31.5 Å². The van der Waals surface area contributed by atoms with Crippen LogP contribution in [0.15, 0.2) is 16.8 Å². The molecule has 4 heterocycles. The first-order valence-electron chi connectivity index (χ1n) is 8.66. The Morgan fingerprint density at radius 3 is 2.83 bits per heavy atom. The van der Waals surface area contributed by atoms with E-state index in [1.54, 1.807) is 11.3 Å². The number of morpholine rings is 1. The van der Waals surface area contributed by atoms with Gasteiger partial charge in [0.1, 0.15) is 0 Å². The van der Waals surface area contributed by atoms with E-state index >= 15 is 0 Å². The molecule has 3 aliphatic rings. The Labute approximate surface area is 141 Å². The molecule has 1 aromatic heterocycles. The van der Waals surface area contributed by atoms with Gasteiger partial charge in [0.2, 0.25) is 5.91 Å². The van der Waals surface area contributed by atoms with Crippen LogP contribution in [0.5, 0.6) is 0 Å². The fraction of sp³-hybridized carbons (Fsp3) is 0.706. The maximum absolute atomic E-state index is 12.5. The van der Waals surface area contributed by atoms with Gasteiger partial charge in [-0.05, 0) is 28.8 Å². The van der Waals surface area contributed by atoms with Gasteiger partial charge >= 0.3 is 0 Å². The van der Waals surface area contributed by atoms with Gasteiger partial charge in [-0.15, -0.1) is 0 Å². The summed E-state index contributed by atoms with van der Waals surface area (Å²) >= 11 is 1.75. The van der Waals surface area contributed by atoms with Crippen LogP contribution in [0.2, 0.25) is 0 Å². The average molecular weight is 335 g/mol. The zero-order valence-corrected chi connectivity index (χ0v) is 14.3. The number of nitrogens with zero attached hydrogens (tertiary/aromatic N) is 3. The summed E-state index contributed by atoms with van der Waals surface area (Å²) in [6, 6.07) is 3.06. The maximum Gasteiger partial charge on any atom is 0.224 e. The molecule has 1 aromatic rings. The second-order valence-electron chi connectivity index (χ2n) is 6.77. The van der Waals surface area contributed by atoms with Crippen molar-refractivity contribution in [3.8, 4) is 0 Å². The minimum Gasteiger partial charge on any atom is -0.379 e. The summed E-state index contributed by atoms with van der Waals surface area (Å²) in [6.07, 6.45) is 1.83. The van der Waals surface area contributed by atoms with E-state index in [-0.39, 0.29) is 0 Å². The van der Waals surface area contributed by atoms with Gasteiger partial charge in [-0.1, -0.05) is 0 Å². The third-order valence-corrected chi connectivity index (χ3v) is 6.19. The van der Waals surface area contributed by atoms with E-state index in [0.29, 0.717) is 24.4 Å². The molecule has 3 saturated heterocycles. The van der Waals surface area contributed by atoms with Crippen molar-refractivity contribution in [3.63, 3.8) is 0 Å². The second kappa shape index (κ2) is 6.89. The molecule has 23 heavy (non-hydrogen) atoms. The van der Waals surface area contributed by atoms with E-state index in [4.69, 9.17) is 4.74 Å². The summed E-state index contributed by atoms with van der Waals surface area (Å²) in [5, 5.41) is 4.36. The summed E-state index contributed by atoms with van der Waals surface area (Å²) in [4.78, 5) is 19.6. The molecule has 3 fully saturated rings. The van der Waals surface area contributed by atoms with E-state index in [2.05, 4.69) is 31.5 Å². The molecule has 1 amide bonds. The number of carbonyl (C=O) groups is 1. The van der Waals surface area contributed by atoms with Crippen molar-refractivity contribution < 1.29 is 9.53 Å². The van der Waals surface area contributed by atoms with Crippen molar-refractivity contribution >= 4 is 17.2 Å². The molecule has 4 rings (SSSR count). The molecule has 5 nitrogen and oxygen atoms in total. The lowest BCUT2D eigenvalue weighted by Crippen LogP contribution is -2.44. The van der Waals surface area contributed by atoms with Gasteiger partial charge in [-0.2, -0.15) is 11.3 Å². The molecule has 0 radical (unpaired) electrons. The lowest BCUT2D eigenvalue weighted by molar-refractivity contribution is -0.129. The number of likely N-dealkylation sites (tertiary alicyclic amines) is 2. The normalized spacial score (nSPS) is 29.4. The number of rotatable bonds is 5. The Morgan fingerprint density at radius 1 is 1.17 bits per heavy atom. The number of thiophene rings is 1. The highest BCUT2D eigenvalue weighted by molar-refractivity contribution is 7.07. The predicted octanol–water partition coefficient (Wildman–Crippen LogP) is 1.26. The van der Waals surface area contributed by atoms with Gasteiger partial charge in [-0.25, -0.2) is 0 Å². The SMILES string of the molecule is O=C1C[C@@H]2[C@H](CCN2Cc2ccsc2)N1CCN1CCOCC1. The van der Waals surface area contributed by atoms with E-state index < -0.39 is 0 Å². The summed E-state index contributed by atoms with van der Waals surface area (Å²) in [5.41, 5.74) is 1.38. The number of fused-ring (bicyclic) bond motifs is 1. The Bertz CT molecular complexity index is 530. The Kier molecular flexibility index (Phi) is 4.66. The summed E-state index contributed by atoms with van der Waals surface area (Å²) in [6.45, 7) is 7.64.